The summed E-state index contributed by atoms with van der Waals surface area (Å²) in [4.78, 5) is 26.0. The van der Waals surface area contributed by atoms with Crippen molar-refractivity contribution in [2.45, 2.75) is 50.6 Å². The summed E-state index contributed by atoms with van der Waals surface area (Å²) in [6.45, 7) is 3.34. The van der Waals surface area contributed by atoms with E-state index >= 15 is 0 Å². The molecule has 0 N–H and O–H groups in total. The summed E-state index contributed by atoms with van der Waals surface area (Å²) in [6, 6.07) is 0. The Morgan fingerprint density at radius 1 is 1.38 bits per heavy atom. The molecule has 0 aromatic carbocycles. The first-order valence-electron chi connectivity index (χ1n) is 8.72. The van der Waals surface area contributed by atoms with Crippen molar-refractivity contribution in [2.24, 2.45) is 10.2 Å². The highest BCUT2D eigenvalue weighted by atomic mass is 32.1. The van der Waals surface area contributed by atoms with E-state index in [2.05, 4.69) is 26.3 Å². The van der Waals surface area contributed by atoms with Gasteiger partial charge < -0.3 is 9.64 Å². The SMILES string of the molecule is C#CCCC1(CCC(=O)N2CCC(c3nnc(C(=O)OCC)s3)C2)N=N1. The van der Waals surface area contributed by atoms with Gasteiger partial charge in [0, 0.05) is 44.7 Å². The van der Waals surface area contributed by atoms with Crippen LogP contribution in [-0.4, -0.2) is 52.3 Å². The highest BCUT2D eigenvalue weighted by Gasteiger charge is 2.40. The molecule has 0 spiro atoms. The lowest BCUT2D eigenvalue weighted by molar-refractivity contribution is -0.130. The minimum atomic E-state index is -0.448. The minimum absolute atomic E-state index is 0.0972. The van der Waals surface area contributed by atoms with Gasteiger partial charge in [-0.15, -0.1) is 22.5 Å². The Morgan fingerprint density at radius 2 is 2.19 bits per heavy atom. The summed E-state index contributed by atoms with van der Waals surface area (Å²) >= 11 is 1.25. The monoisotopic (exact) mass is 375 g/mol. The topological polar surface area (TPSA) is 97.1 Å². The van der Waals surface area contributed by atoms with Crippen LogP contribution in [0.4, 0.5) is 0 Å². The third kappa shape index (κ3) is 4.25. The average Bonchev–Trinajstić information content (AvgIpc) is 3.04. The standard InChI is InChI=1S/C17H21N5O3S/c1-3-5-8-17(20-21-17)9-6-13(23)22-10-7-12(11-22)14-18-19-15(26-14)16(24)25-4-2/h1,12H,4-11H2,2H3. The number of terminal acetylenes is 1. The fraction of sp³-hybridized carbons (Fsp3) is 0.647. The van der Waals surface area contributed by atoms with Crippen molar-refractivity contribution >= 4 is 23.2 Å². The Bertz CT molecular complexity index is 748. The fourth-order valence-electron chi connectivity index (χ4n) is 3.00. The molecule has 0 saturated carbocycles. The number of esters is 1. The number of carbonyl (C=O) groups excluding carboxylic acids is 2. The first-order valence-corrected chi connectivity index (χ1v) is 9.54. The molecule has 26 heavy (non-hydrogen) atoms. The van der Waals surface area contributed by atoms with E-state index in [4.69, 9.17) is 11.2 Å². The van der Waals surface area contributed by atoms with Gasteiger partial charge in [0.2, 0.25) is 10.9 Å². The Hall–Kier alpha value is -2.34. The number of amides is 1. The van der Waals surface area contributed by atoms with Gasteiger partial charge in [0.25, 0.3) is 0 Å². The van der Waals surface area contributed by atoms with Crippen molar-refractivity contribution in [1.29, 1.82) is 0 Å². The van der Waals surface area contributed by atoms with E-state index in [1.807, 2.05) is 4.90 Å². The second kappa shape index (κ2) is 7.91. The highest BCUT2D eigenvalue weighted by molar-refractivity contribution is 7.13. The van der Waals surface area contributed by atoms with Crippen LogP contribution in [0.25, 0.3) is 0 Å². The van der Waals surface area contributed by atoms with Crippen LogP contribution < -0.4 is 0 Å². The first-order chi connectivity index (χ1) is 12.6. The van der Waals surface area contributed by atoms with Gasteiger partial charge in [0.05, 0.1) is 6.61 Å². The second-order valence-electron chi connectivity index (χ2n) is 6.38. The summed E-state index contributed by atoms with van der Waals surface area (Å²) < 4.78 is 4.94. The van der Waals surface area contributed by atoms with Gasteiger partial charge in [0.15, 0.2) is 5.66 Å². The molecule has 1 aromatic heterocycles. The zero-order valence-electron chi connectivity index (χ0n) is 14.7. The maximum Gasteiger partial charge on any atom is 0.369 e. The molecule has 0 radical (unpaired) electrons. The average molecular weight is 375 g/mol. The second-order valence-corrected chi connectivity index (χ2v) is 7.39. The third-order valence-corrected chi connectivity index (χ3v) is 5.64. The smallest absolute Gasteiger partial charge is 0.369 e. The number of aromatic nitrogens is 2. The Labute approximate surface area is 156 Å². The predicted molar refractivity (Wildman–Crippen MR) is 94.7 cm³/mol. The van der Waals surface area contributed by atoms with Crippen LogP contribution in [0.3, 0.4) is 0 Å². The van der Waals surface area contributed by atoms with Gasteiger partial charge in [-0.3, -0.25) is 4.79 Å². The van der Waals surface area contributed by atoms with Crippen molar-refractivity contribution in [3.8, 4) is 12.3 Å². The molecule has 9 heteroatoms. The van der Waals surface area contributed by atoms with Crippen molar-refractivity contribution < 1.29 is 14.3 Å². The molecule has 1 atom stereocenters. The molecule has 1 saturated heterocycles. The lowest BCUT2D eigenvalue weighted by Gasteiger charge is -2.17. The van der Waals surface area contributed by atoms with E-state index < -0.39 is 11.6 Å². The van der Waals surface area contributed by atoms with E-state index in [1.54, 1.807) is 6.92 Å². The van der Waals surface area contributed by atoms with Gasteiger partial charge in [-0.05, 0) is 13.3 Å². The molecule has 2 aliphatic heterocycles. The van der Waals surface area contributed by atoms with Crippen LogP contribution in [0.5, 0.6) is 0 Å². The quantitative estimate of drug-likeness (QED) is 0.513. The number of ether oxygens (including phenoxy) is 1. The summed E-state index contributed by atoms with van der Waals surface area (Å²) in [5, 5.41) is 17.2. The highest BCUT2D eigenvalue weighted by Crippen LogP contribution is 2.38. The number of hydrogen-bond acceptors (Lipinski definition) is 8. The number of nitrogens with zero attached hydrogens (tertiary/aromatic N) is 5. The maximum atomic E-state index is 12.5. The van der Waals surface area contributed by atoms with E-state index in [0.717, 1.165) is 11.4 Å². The molecule has 3 rings (SSSR count). The number of hydrogen-bond donors (Lipinski definition) is 0. The lowest BCUT2D eigenvalue weighted by atomic mass is 10.0. The largest absolute Gasteiger partial charge is 0.461 e. The molecule has 1 amide bonds. The molecule has 8 nitrogen and oxygen atoms in total. The van der Waals surface area contributed by atoms with Gasteiger partial charge in [0.1, 0.15) is 5.01 Å². The molecule has 3 heterocycles. The third-order valence-electron chi connectivity index (χ3n) is 4.57. The van der Waals surface area contributed by atoms with E-state index in [1.165, 1.54) is 11.3 Å². The first kappa shape index (κ1) is 18.5. The summed E-state index contributed by atoms with van der Waals surface area (Å²) in [7, 11) is 0. The molecule has 1 unspecified atom stereocenters. The molecular formula is C17H21N5O3S. The van der Waals surface area contributed by atoms with Crippen LogP contribution >= 0.6 is 11.3 Å². The molecule has 0 aliphatic carbocycles. The van der Waals surface area contributed by atoms with Crippen molar-refractivity contribution in [3.63, 3.8) is 0 Å². The van der Waals surface area contributed by atoms with E-state index in [9.17, 15) is 9.59 Å². The Morgan fingerprint density at radius 3 is 2.88 bits per heavy atom. The molecule has 1 fully saturated rings. The normalized spacial score (nSPS) is 20.0. The summed E-state index contributed by atoms with van der Waals surface area (Å²) in [5.41, 5.74) is -0.422. The van der Waals surface area contributed by atoms with Crippen LogP contribution in [0.2, 0.25) is 0 Å². The maximum absolute atomic E-state index is 12.5. The molecule has 0 bridgehead atoms. The zero-order valence-corrected chi connectivity index (χ0v) is 15.5. The Balaban J connectivity index is 1.48. The van der Waals surface area contributed by atoms with Crippen molar-refractivity contribution in [3.05, 3.63) is 10.0 Å². The lowest BCUT2D eigenvalue weighted by Crippen LogP contribution is -2.29. The zero-order chi connectivity index (χ0) is 18.6. The molecular weight excluding hydrogens is 354 g/mol. The van der Waals surface area contributed by atoms with Crippen molar-refractivity contribution in [2.75, 3.05) is 19.7 Å². The Kier molecular flexibility index (Phi) is 5.61. The minimum Gasteiger partial charge on any atom is -0.461 e. The van der Waals surface area contributed by atoms with Gasteiger partial charge >= 0.3 is 5.97 Å². The molecule has 1 aromatic rings. The van der Waals surface area contributed by atoms with E-state index in [0.29, 0.717) is 45.4 Å². The van der Waals surface area contributed by atoms with Crippen molar-refractivity contribution in [1.82, 2.24) is 15.1 Å². The van der Waals surface area contributed by atoms with Gasteiger partial charge in [-0.1, -0.05) is 11.3 Å². The van der Waals surface area contributed by atoms with Crippen LogP contribution in [-0.2, 0) is 9.53 Å². The van der Waals surface area contributed by atoms with Gasteiger partial charge in [-0.25, -0.2) is 4.79 Å². The number of carbonyl (C=O) groups is 2. The van der Waals surface area contributed by atoms with Crippen LogP contribution in [0.1, 0.15) is 59.8 Å². The number of likely N-dealkylation sites (tertiary alicyclic amines) is 1. The fourth-order valence-corrected chi connectivity index (χ4v) is 3.86. The molecule has 2 aliphatic rings. The van der Waals surface area contributed by atoms with E-state index in [-0.39, 0.29) is 16.8 Å². The van der Waals surface area contributed by atoms with Crippen LogP contribution in [0, 0.1) is 12.3 Å². The predicted octanol–water partition coefficient (Wildman–Crippen LogP) is 2.39. The molecule has 138 valence electrons. The number of rotatable bonds is 8. The summed E-state index contributed by atoms with van der Waals surface area (Å²) in [5.74, 6) is 2.35. The van der Waals surface area contributed by atoms with Crippen LogP contribution in [0.15, 0.2) is 10.2 Å². The van der Waals surface area contributed by atoms with Gasteiger partial charge in [-0.2, -0.15) is 10.2 Å². The summed E-state index contributed by atoms with van der Waals surface area (Å²) in [6.07, 6.45) is 8.45.